The van der Waals surface area contributed by atoms with Gasteiger partial charge in [0.2, 0.25) is 10.0 Å². The summed E-state index contributed by atoms with van der Waals surface area (Å²) >= 11 is 0. The molecule has 132 valence electrons. The summed E-state index contributed by atoms with van der Waals surface area (Å²) in [5.41, 5.74) is -0.526. The van der Waals surface area contributed by atoms with Gasteiger partial charge in [-0.2, -0.15) is 0 Å². The number of nitro groups is 1. The third-order valence-corrected chi connectivity index (χ3v) is 6.28. The summed E-state index contributed by atoms with van der Waals surface area (Å²) in [4.78, 5) is 10.4. The number of nitro benzene ring substituents is 1. The molecule has 0 saturated heterocycles. The van der Waals surface area contributed by atoms with Crippen molar-refractivity contribution in [2.45, 2.75) is 15.8 Å². The van der Waals surface area contributed by atoms with Crippen molar-refractivity contribution >= 4 is 26.5 Å². The fraction of sp³-hybridized carbons (Fsp3) is 0.125. The van der Waals surface area contributed by atoms with E-state index >= 15 is 0 Å². The minimum atomic E-state index is -4.17. The highest BCUT2D eigenvalue weighted by atomic mass is 32.2. The number of sulfonamides is 1. The van der Waals surface area contributed by atoms with Gasteiger partial charge in [0, 0.05) is 16.7 Å². The maximum atomic E-state index is 12.5. The van der Waals surface area contributed by atoms with Gasteiger partial charge in [-0.15, -0.1) is 6.58 Å². The minimum absolute atomic E-state index is 0.0344. The molecule has 25 heavy (non-hydrogen) atoms. The lowest BCUT2D eigenvalue weighted by Gasteiger charge is -2.15. The van der Waals surface area contributed by atoms with E-state index in [-0.39, 0.29) is 5.75 Å². The molecule has 0 spiro atoms. The van der Waals surface area contributed by atoms with Crippen LogP contribution in [0.4, 0.5) is 5.69 Å². The van der Waals surface area contributed by atoms with E-state index in [0.717, 1.165) is 12.1 Å². The summed E-state index contributed by atoms with van der Waals surface area (Å²) < 4.78 is 39.6. The summed E-state index contributed by atoms with van der Waals surface area (Å²) in [6.45, 7) is 3.55. The fourth-order valence-corrected chi connectivity index (χ4v) is 4.76. The van der Waals surface area contributed by atoms with E-state index in [1.165, 1.54) is 18.2 Å². The van der Waals surface area contributed by atoms with E-state index in [4.69, 9.17) is 0 Å². The fourth-order valence-electron chi connectivity index (χ4n) is 2.08. The highest BCUT2D eigenvalue weighted by molar-refractivity contribution is 7.89. The lowest BCUT2D eigenvalue weighted by Crippen LogP contribution is -2.37. The van der Waals surface area contributed by atoms with Crippen LogP contribution in [0.1, 0.15) is 0 Å². The summed E-state index contributed by atoms with van der Waals surface area (Å²) in [5.74, 6) is -0.0344. The van der Waals surface area contributed by atoms with Crippen LogP contribution in [-0.2, 0) is 20.8 Å². The average Bonchev–Trinajstić information content (AvgIpc) is 2.61. The molecule has 0 aliphatic rings. The van der Waals surface area contributed by atoms with Crippen LogP contribution in [0, 0.1) is 10.1 Å². The highest BCUT2D eigenvalue weighted by Gasteiger charge is 2.27. The zero-order valence-electron chi connectivity index (χ0n) is 13.1. The molecule has 2 aromatic carbocycles. The lowest BCUT2D eigenvalue weighted by atomic mass is 10.3. The standard InChI is InChI=1S/C16H16N2O5S2/c1-2-13(12-24(21)14-8-4-3-5-9-14)17-25(22,23)16-11-7-6-10-15(16)18(19)20/h2-11,13,17H,1,12H2/t13-,24+/m1/s1. The maximum Gasteiger partial charge on any atom is 0.289 e. The molecule has 0 saturated carbocycles. The van der Waals surface area contributed by atoms with Crippen molar-refractivity contribution in [2.24, 2.45) is 0 Å². The molecule has 0 radical (unpaired) electrons. The first-order chi connectivity index (χ1) is 11.8. The Kier molecular flexibility index (Phi) is 6.18. The Morgan fingerprint density at radius 3 is 2.36 bits per heavy atom. The molecule has 2 atom stereocenters. The van der Waals surface area contributed by atoms with Gasteiger partial charge >= 0.3 is 0 Å². The van der Waals surface area contributed by atoms with E-state index < -0.39 is 42.4 Å². The number of para-hydroxylation sites is 1. The van der Waals surface area contributed by atoms with Gasteiger partial charge in [-0.3, -0.25) is 14.3 Å². The van der Waals surface area contributed by atoms with Gasteiger partial charge < -0.3 is 0 Å². The Labute approximate surface area is 148 Å². The predicted molar refractivity (Wildman–Crippen MR) is 95.1 cm³/mol. The topological polar surface area (TPSA) is 106 Å². The third kappa shape index (κ3) is 4.81. The zero-order valence-corrected chi connectivity index (χ0v) is 14.7. The van der Waals surface area contributed by atoms with Gasteiger partial charge in [-0.25, -0.2) is 13.1 Å². The summed E-state index contributed by atoms with van der Waals surface area (Å²) in [7, 11) is -5.62. The molecule has 0 fully saturated rings. The van der Waals surface area contributed by atoms with E-state index in [9.17, 15) is 22.7 Å². The molecule has 0 amide bonds. The lowest BCUT2D eigenvalue weighted by molar-refractivity contribution is -0.387. The first-order valence-electron chi connectivity index (χ1n) is 7.17. The molecule has 0 bridgehead atoms. The van der Waals surface area contributed by atoms with E-state index in [1.54, 1.807) is 30.3 Å². The average molecular weight is 380 g/mol. The van der Waals surface area contributed by atoms with Crippen molar-refractivity contribution in [1.82, 2.24) is 4.72 Å². The predicted octanol–water partition coefficient (Wildman–Crippen LogP) is 2.24. The Hall–Kier alpha value is -2.36. The normalized spacial score (nSPS) is 13.8. The molecule has 0 heterocycles. The third-order valence-electron chi connectivity index (χ3n) is 3.28. The maximum absolute atomic E-state index is 12.5. The van der Waals surface area contributed by atoms with Crippen LogP contribution in [0.2, 0.25) is 0 Å². The van der Waals surface area contributed by atoms with Crippen molar-refractivity contribution in [3.8, 4) is 0 Å². The minimum Gasteiger partial charge on any atom is -0.258 e. The first kappa shape index (κ1) is 19.0. The number of hydrogen-bond donors (Lipinski definition) is 1. The van der Waals surface area contributed by atoms with E-state index in [0.29, 0.717) is 4.90 Å². The number of nitrogens with zero attached hydrogens (tertiary/aromatic N) is 1. The molecule has 0 aromatic heterocycles. The molecule has 1 N–H and O–H groups in total. The molecular formula is C16H16N2O5S2. The largest absolute Gasteiger partial charge is 0.289 e. The van der Waals surface area contributed by atoms with Crippen molar-refractivity contribution in [3.63, 3.8) is 0 Å². The molecule has 0 aliphatic carbocycles. The zero-order chi connectivity index (χ0) is 18.4. The molecule has 2 rings (SSSR count). The van der Waals surface area contributed by atoms with Crippen molar-refractivity contribution < 1.29 is 17.6 Å². The smallest absolute Gasteiger partial charge is 0.258 e. The Morgan fingerprint density at radius 1 is 1.16 bits per heavy atom. The summed E-state index contributed by atoms with van der Waals surface area (Å²) in [5, 5.41) is 11.0. The number of hydrogen-bond acceptors (Lipinski definition) is 5. The van der Waals surface area contributed by atoms with E-state index in [2.05, 4.69) is 11.3 Å². The monoisotopic (exact) mass is 380 g/mol. The SMILES string of the molecule is C=C[C@H](C[S@](=O)c1ccccc1)NS(=O)(=O)c1ccccc1[N+](=O)[O-]. The van der Waals surface area contributed by atoms with Crippen molar-refractivity contribution in [2.75, 3.05) is 5.75 Å². The van der Waals surface area contributed by atoms with Crippen LogP contribution in [0.5, 0.6) is 0 Å². The van der Waals surface area contributed by atoms with Crippen LogP contribution >= 0.6 is 0 Å². The second-order valence-electron chi connectivity index (χ2n) is 5.01. The van der Waals surface area contributed by atoms with Gasteiger partial charge in [0.25, 0.3) is 5.69 Å². The molecule has 2 aromatic rings. The molecule has 0 aliphatic heterocycles. The summed E-state index contributed by atoms with van der Waals surface area (Å²) in [6, 6.07) is 12.8. The Bertz CT molecular complexity index is 898. The van der Waals surface area contributed by atoms with Crippen LogP contribution in [0.15, 0.2) is 77.0 Å². The van der Waals surface area contributed by atoms with E-state index in [1.807, 2.05) is 0 Å². The van der Waals surface area contributed by atoms with Crippen molar-refractivity contribution in [3.05, 3.63) is 77.4 Å². The first-order valence-corrected chi connectivity index (χ1v) is 9.97. The van der Waals surface area contributed by atoms with Crippen LogP contribution in [0.25, 0.3) is 0 Å². The Balaban J connectivity index is 2.22. The van der Waals surface area contributed by atoms with Gasteiger partial charge in [-0.05, 0) is 18.2 Å². The quantitative estimate of drug-likeness (QED) is 0.429. The van der Waals surface area contributed by atoms with Crippen molar-refractivity contribution in [1.29, 1.82) is 0 Å². The van der Waals surface area contributed by atoms with Crippen LogP contribution < -0.4 is 4.72 Å². The summed E-state index contributed by atoms with van der Waals surface area (Å²) in [6.07, 6.45) is 1.31. The van der Waals surface area contributed by atoms with Gasteiger partial charge in [0.15, 0.2) is 4.90 Å². The highest BCUT2D eigenvalue weighted by Crippen LogP contribution is 2.23. The molecule has 7 nitrogen and oxygen atoms in total. The second-order valence-corrected chi connectivity index (χ2v) is 8.19. The second kappa shape index (κ2) is 8.15. The number of benzene rings is 2. The van der Waals surface area contributed by atoms with Crippen LogP contribution in [-0.4, -0.2) is 29.3 Å². The molecular weight excluding hydrogens is 364 g/mol. The molecule has 9 heteroatoms. The number of rotatable bonds is 8. The number of nitrogens with one attached hydrogen (secondary N) is 1. The van der Waals surface area contributed by atoms with Gasteiger partial charge in [-0.1, -0.05) is 36.4 Å². The van der Waals surface area contributed by atoms with Crippen LogP contribution in [0.3, 0.4) is 0 Å². The Morgan fingerprint density at radius 2 is 1.76 bits per heavy atom. The molecule has 0 unspecified atom stereocenters. The van der Waals surface area contributed by atoms with Gasteiger partial charge in [0.1, 0.15) is 0 Å². The van der Waals surface area contributed by atoms with Gasteiger partial charge in [0.05, 0.1) is 21.8 Å².